The van der Waals surface area contributed by atoms with Gasteiger partial charge in [0.25, 0.3) is 0 Å². The maximum atomic E-state index is 14.8. The van der Waals surface area contributed by atoms with Crippen molar-refractivity contribution < 1.29 is 9.13 Å². The zero-order valence-corrected chi connectivity index (χ0v) is 12.5. The van der Waals surface area contributed by atoms with Crippen LogP contribution in [0.15, 0.2) is 0 Å². The topological polar surface area (TPSA) is 21.3 Å². The number of hydrogen-bond donors (Lipinski definition) is 1. The lowest BCUT2D eigenvalue weighted by Gasteiger charge is -2.45. The van der Waals surface area contributed by atoms with E-state index >= 15 is 0 Å². The van der Waals surface area contributed by atoms with Crippen LogP contribution in [0.3, 0.4) is 0 Å². The molecule has 0 bridgehead atoms. The van der Waals surface area contributed by atoms with E-state index in [0.717, 1.165) is 58.2 Å². The minimum Gasteiger partial charge on any atom is -0.375 e. The number of ether oxygens (including phenoxy) is 1. The van der Waals surface area contributed by atoms with E-state index in [1.165, 1.54) is 11.5 Å². The van der Waals surface area contributed by atoms with Crippen molar-refractivity contribution >= 4 is 11.8 Å². The number of piperidine rings is 1. The Hall–Kier alpha value is 0.200. The van der Waals surface area contributed by atoms with Crippen LogP contribution in [0, 0.1) is 11.8 Å². The zero-order chi connectivity index (χ0) is 13.1. The molecular weight excluding hydrogens is 261 g/mol. The molecule has 0 amide bonds. The molecule has 0 aromatic rings. The van der Waals surface area contributed by atoms with Crippen LogP contribution in [0.4, 0.5) is 4.39 Å². The second-order valence-corrected chi connectivity index (χ2v) is 7.65. The smallest absolute Gasteiger partial charge is 0.106 e. The maximum Gasteiger partial charge on any atom is 0.106 e. The van der Waals surface area contributed by atoms with Gasteiger partial charge in [0, 0.05) is 6.61 Å². The molecule has 0 aromatic carbocycles. The molecular formula is C15H26FNOS. The summed E-state index contributed by atoms with van der Waals surface area (Å²) < 4.78 is 20.9. The number of nitrogens with one attached hydrogen (secondary N) is 1. The molecule has 3 rings (SSSR count). The number of rotatable bonds is 2. The minimum absolute atomic E-state index is 0.0332. The number of hydrogen-bond acceptors (Lipinski definition) is 3. The molecule has 1 spiro atoms. The summed E-state index contributed by atoms with van der Waals surface area (Å²) in [6.07, 6.45) is 5.60. The maximum absolute atomic E-state index is 14.8. The molecule has 3 aliphatic rings. The predicted molar refractivity (Wildman–Crippen MR) is 78.5 cm³/mol. The first kappa shape index (κ1) is 14.2. The molecule has 2 unspecified atom stereocenters. The largest absolute Gasteiger partial charge is 0.375 e. The predicted octanol–water partition coefficient (Wildman–Crippen LogP) is 3.02. The molecule has 2 nitrogen and oxygen atoms in total. The van der Waals surface area contributed by atoms with Gasteiger partial charge in [-0.15, -0.1) is 0 Å². The van der Waals surface area contributed by atoms with Crippen LogP contribution in [-0.2, 0) is 4.74 Å². The van der Waals surface area contributed by atoms with Crippen molar-refractivity contribution in [2.24, 2.45) is 11.8 Å². The average Bonchev–Trinajstić information content (AvgIpc) is 2.48. The third-order valence-electron chi connectivity index (χ3n) is 5.22. The Morgan fingerprint density at radius 1 is 1.11 bits per heavy atom. The first-order valence-corrected chi connectivity index (χ1v) is 9.01. The summed E-state index contributed by atoms with van der Waals surface area (Å²) >= 11 is 2.02. The Bertz CT molecular complexity index is 284. The Morgan fingerprint density at radius 2 is 1.84 bits per heavy atom. The Morgan fingerprint density at radius 3 is 2.58 bits per heavy atom. The van der Waals surface area contributed by atoms with Gasteiger partial charge >= 0.3 is 0 Å². The van der Waals surface area contributed by atoms with E-state index in [2.05, 4.69) is 5.32 Å². The van der Waals surface area contributed by atoms with Crippen LogP contribution in [-0.4, -0.2) is 43.0 Å². The lowest BCUT2D eigenvalue weighted by atomic mass is 9.75. The molecule has 0 radical (unpaired) electrons. The van der Waals surface area contributed by atoms with Crippen LogP contribution in [0.25, 0.3) is 0 Å². The van der Waals surface area contributed by atoms with Crippen LogP contribution < -0.4 is 5.32 Å². The van der Waals surface area contributed by atoms with Gasteiger partial charge in [0.2, 0.25) is 0 Å². The van der Waals surface area contributed by atoms with E-state index < -0.39 is 6.17 Å². The lowest BCUT2D eigenvalue weighted by molar-refractivity contribution is -0.118. The monoisotopic (exact) mass is 287 g/mol. The van der Waals surface area contributed by atoms with Crippen molar-refractivity contribution in [1.29, 1.82) is 0 Å². The third kappa shape index (κ3) is 3.27. The molecule has 4 heteroatoms. The second-order valence-electron chi connectivity index (χ2n) is 6.43. The van der Waals surface area contributed by atoms with Gasteiger partial charge in [-0.1, -0.05) is 0 Å². The molecule has 19 heavy (non-hydrogen) atoms. The summed E-state index contributed by atoms with van der Waals surface area (Å²) in [6, 6.07) is 0. The Labute approximate surface area is 120 Å². The van der Waals surface area contributed by atoms with Crippen molar-refractivity contribution in [3.8, 4) is 0 Å². The summed E-state index contributed by atoms with van der Waals surface area (Å²) in [4.78, 5) is 0. The van der Waals surface area contributed by atoms with Crippen LogP contribution in [0.2, 0.25) is 0 Å². The van der Waals surface area contributed by atoms with Gasteiger partial charge < -0.3 is 10.1 Å². The SMILES string of the molecule is FC(C1CCNCC1)C1CCOC2(CCSCC2)C1. The van der Waals surface area contributed by atoms with Crippen molar-refractivity contribution in [2.45, 2.75) is 50.3 Å². The van der Waals surface area contributed by atoms with E-state index in [-0.39, 0.29) is 11.5 Å². The number of halogens is 1. The minimum atomic E-state index is -0.600. The highest BCUT2D eigenvalue weighted by Crippen LogP contribution is 2.43. The van der Waals surface area contributed by atoms with Gasteiger partial charge in [-0.3, -0.25) is 0 Å². The van der Waals surface area contributed by atoms with Gasteiger partial charge in [0.1, 0.15) is 6.17 Å². The van der Waals surface area contributed by atoms with E-state index in [1.807, 2.05) is 11.8 Å². The van der Waals surface area contributed by atoms with Gasteiger partial charge in [-0.25, -0.2) is 4.39 Å². The Balaban J connectivity index is 1.60. The standard InChI is InChI=1S/C15H26FNOS/c16-14(12-1-6-17-7-2-12)13-3-8-18-15(11-13)4-9-19-10-5-15/h12-14,17H,1-11H2. The van der Waals surface area contributed by atoms with Crippen molar-refractivity contribution in [3.63, 3.8) is 0 Å². The molecule has 3 aliphatic heterocycles. The molecule has 0 aromatic heterocycles. The highest BCUT2D eigenvalue weighted by Gasteiger charge is 2.42. The highest BCUT2D eigenvalue weighted by molar-refractivity contribution is 7.99. The van der Waals surface area contributed by atoms with Crippen LogP contribution >= 0.6 is 11.8 Å². The fourth-order valence-electron chi connectivity index (χ4n) is 3.98. The van der Waals surface area contributed by atoms with E-state index in [0.29, 0.717) is 5.92 Å². The van der Waals surface area contributed by atoms with Crippen molar-refractivity contribution in [2.75, 3.05) is 31.2 Å². The summed E-state index contributed by atoms with van der Waals surface area (Å²) in [5.74, 6) is 2.92. The fourth-order valence-corrected chi connectivity index (χ4v) is 5.21. The number of alkyl halides is 1. The Kier molecular flexibility index (Phi) is 4.70. The molecule has 3 saturated heterocycles. The molecule has 0 aliphatic carbocycles. The van der Waals surface area contributed by atoms with Gasteiger partial charge in [0.15, 0.2) is 0 Å². The molecule has 3 fully saturated rings. The van der Waals surface area contributed by atoms with Gasteiger partial charge in [0.05, 0.1) is 5.60 Å². The summed E-state index contributed by atoms with van der Waals surface area (Å²) in [6.45, 7) is 2.77. The fraction of sp³-hybridized carbons (Fsp3) is 1.00. The lowest BCUT2D eigenvalue weighted by Crippen LogP contribution is -2.46. The van der Waals surface area contributed by atoms with E-state index in [9.17, 15) is 4.39 Å². The van der Waals surface area contributed by atoms with Crippen LogP contribution in [0.1, 0.15) is 38.5 Å². The molecule has 3 heterocycles. The van der Waals surface area contributed by atoms with E-state index in [1.54, 1.807) is 0 Å². The molecule has 0 saturated carbocycles. The average molecular weight is 287 g/mol. The summed E-state index contributed by atoms with van der Waals surface area (Å²) in [5.41, 5.74) is 0.0332. The summed E-state index contributed by atoms with van der Waals surface area (Å²) in [5, 5.41) is 3.34. The van der Waals surface area contributed by atoms with Crippen molar-refractivity contribution in [3.05, 3.63) is 0 Å². The summed E-state index contributed by atoms with van der Waals surface area (Å²) in [7, 11) is 0. The zero-order valence-electron chi connectivity index (χ0n) is 11.7. The molecule has 1 N–H and O–H groups in total. The van der Waals surface area contributed by atoms with Gasteiger partial charge in [-0.2, -0.15) is 11.8 Å². The first-order valence-electron chi connectivity index (χ1n) is 7.86. The highest BCUT2D eigenvalue weighted by atomic mass is 32.2. The van der Waals surface area contributed by atoms with Crippen molar-refractivity contribution in [1.82, 2.24) is 5.32 Å². The molecule has 110 valence electrons. The first-order chi connectivity index (χ1) is 9.29. The molecule has 2 atom stereocenters. The second kappa shape index (κ2) is 6.31. The van der Waals surface area contributed by atoms with Gasteiger partial charge in [-0.05, 0) is 75.0 Å². The third-order valence-corrected chi connectivity index (χ3v) is 6.21. The van der Waals surface area contributed by atoms with E-state index in [4.69, 9.17) is 4.74 Å². The normalized spacial score (nSPS) is 34.3. The quantitative estimate of drug-likeness (QED) is 0.843. The number of thioether (sulfide) groups is 1. The van der Waals surface area contributed by atoms with Crippen LogP contribution in [0.5, 0.6) is 0 Å².